The Balaban J connectivity index is 1.65. The van der Waals surface area contributed by atoms with Crippen LogP contribution in [-0.4, -0.2) is 45.2 Å². The van der Waals surface area contributed by atoms with E-state index in [1.807, 2.05) is 42.3 Å². The minimum Gasteiger partial charge on any atom is -0.383 e. The number of carbonyl (C=O) groups is 1. The van der Waals surface area contributed by atoms with E-state index in [2.05, 4.69) is 41.6 Å². The van der Waals surface area contributed by atoms with Crippen LogP contribution in [0.3, 0.4) is 0 Å². The number of methoxy groups -OCH3 is 1. The first-order chi connectivity index (χ1) is 15.4. The number of para-hydroxylation sites is 1. The molecule has 2 heterocycles. The molecule has 0 spiro atoms. The molecule has 0 unspecified atom stereocenters. The van der Waals surface area contributed by atoms with Crippen molar-refractivity contribution in [3.63, 3.8) is 0 Å². The van der Waals surface area contributed by atoms with Crippen LogP contribution in [0.5, 0.6) is 0 Å². The van der Waals surface area contributed by atoms with Gasteiger partial charge in [0.05, 0.1) is 17.6 Å². The van der Waals surface area contributed by atoms with E-state index in [1.54, 1.807) is 17.7 Å². The highest BCUT2D eigenvalue weighted by Crippen LogP contribution is 2.24. The fourth-order valence-corrected chi connectivity index (χ4v) is 4.29. The minimum atomic E-state index is -0.0600. The van der Waals surface area contributed by atoms with Gasteiger partial charge in [-0.3, -0.25) is 4.79 Å². The second-order valence-corrected chi connectivity index (χ2v) is 8.27. The first-order valence-corrected chi connectivity index (χ1v) is 10.9. The molecule has 0 N–H and O–H groups in total. The molecule has 0 bridgehead atoms. The quantitative estimate of drug-likeness (QED) is 0.401. The first-order valence-electron chi connectivity index (χ1n) is 10.5. The van der Waals surface area contributed by atoms with E-state index in [1.165, 1.54) is 0 Å². The van der Waals surface area contributed by atoms with Gasteiger partial charge in [-0.05, 0) is 67.4 Å². The highest BCUT2D eigenvalue weighted by atomic mass is 35.5. The number of halogens is 1. The largest absolute Gasteiger partial charge is 0.383 e. The molecule has 0 radical (unpaired) electrons. The Morgan fingerprint density at radius 2 is 1.88 bits per heavy atom. The van der Waals surface area contributed by atoms with Gasteiger partial charge in [0.2, 0.25) is 5.28 Å². The van der Waals surface area contributed by atoms with Crippen LogP contribution in [0.4, 0.5) is 0 Å². The number of rotatable bonds is 7. The predicted molar refractivity (Wildman–Crippen MR) is 128 cm³/mol. The van der Waals surface area contributed by atoms with Gasteiger partial charge in [-0.1, -0.05) is 18.2 Å². The number of imidazole rings is 1. The molecular formula is C25H27ClN4O2. The van der Waals surface area contributed by atoms with Crippen LogP contribution >= 0.6 is 11.6 Å². The van der Waals surface area contributed by atoms with Gasteiger partial charge in [0, 0.05) is 49.9 Å². The van der Waals surface area contributed by atoms with Crippen molar-refractivity contribution in [3.8, 4) is 5.69 Å². The maximum atomic E-state index is 13.5. The molecule has 0 saturated heterocycles. The van der Waals surface area contributed by atoms with E-state index >= 15 is 0 Å². The summed E-state index contributed by atoms with van der Waals surface area (Å²) in [6, 6.07) is 17.9. The third-order valence-corrected chi connectivity index (χ3v) is 6.18. The summed E-state index contributed by atoms with van der Waals surface area (Å²) in [5, 5.41) is 0.397. The molecule has 4 aromatic rings. The molecule has 6 nitrogen and oxygen atoms in total. The third-order valence-electron chi connectivity index (χ3n) is 5.84. The van der Waals surface area contributed by atoms with Crippen LogP contribution in [0, 0.1) is 13.8 Å². The molecule has 7 heteroatoms. The fraction of sp³-hybridized carbons (Fsp3) is 0.280. The van der Waals surface area contributed by atoms with Crippen LogP contribution in [-0.2, 0) is 18.3 Å². The number of aryl methyl sites for hydroxylation is 2. The Bertz CT molecular complexity index is 1260. The van der Waals surface area contributed by atoms with E-state index < -0.39 is 0 Å². The van der Waals surface area contributed by atoms with Crippen molar-refractivity contribution >= 4 is 28.5 Å². The number of carbonyl (C=O) groups excluding carboxylic acids is 1. The Morgan fingerprint density at radius 3 is 2.59 bits per heavy atom. The topological polar surface area (TPSA) is 52.3 Å². The fourth-order valence-electron chi connectivity index (χ4n) is 4.11. The van der Waals surface area contributed by atoms with Gasteiger partial charge in [-0.2, -0.15) is 0 Å². The monoisotopic (exact) mass is 450 g/mol. The SMILES string of the molecule is COCCN(Cc1cc(C)n(-c2ccccc2)c1C)C(=O)c1ccc2c(c1)nc(Cl)n2C. The lowest BCUT2D eigenvalue weighted by atomic mass is 10.1. The van der Waals surface area contributed by atoms with Gasteiger partial charge in [0.15, 0.2) is 0 Å². The molecule has 0 fully saturated rings. The maximum Gasteiger partial charge on any atom is 0.254 e. The number of hydrogen-bond acceptors (Lipinski definition) is 3. The van der Waals surface area contributed by atoms with E-state index in [-0.39, 0.29) is 5.91 Å². The van der Waals surface area contributed by atoms with Crippen LogP contribution < -0.4 is 0 Å². The van der Waals surface area contributed by atoms with Gasteiger partial charge in [-0.25, -0.2) is 4.98 Å². The molecule has 0 aliphatic heterocycles. The number of hydrogen-bond donors (Lipinski definition) is 0. The average Bonchev–Trinajstić information content (AvgIpc) is 3.24. The zero-order valence-electron chi connectivity index (χ0n) is 18.8. The summed E-state index contributed by atoms with van der Waals surface area (Å²) in [5.74, 6) is -0.0600. The number of amides is 1. The van der Waals surface area contributed by atoms with Gasteiger partial charge in [-0.15, -0.1) is 0 Å². The lowest BCUT2D eigenvalue weighted by Crippen LogP contribution is -2.33. The lowest BCUT2D eigenvalue weighted by molar-refractivity contribution is 0.0680. The molecule has 0 saturated carbocycles. The maximum absolute atomic E-state index is 13.5. The predicted octanol–water partition coefficient (Wildman–Crippen LogP) is 4.92. The van der Waals surface area contributed by atoms with Gasteiger partial charge in [0.25, 0.3) is 5.91 Å². The summed E-state index contributed by atoms with van der Waals surface area (Å²) in [6.07, 6.45) is 0. The van der Waals surface area contributed by atoms with Crippen molar-refractivity contribution < 1.29 is 9.53 Å². The van der Waals surface area contributed by atoms with Crippen LogP contribution in [0.2, 0.25) is 5.28 Å². The van der Waals surface area contributed by atoms with Gasteiger partial charge in [0.1, 0.15) is 0 Å². The molecular weight excluding hydrogens is 424 g/mol. The Morgan fingerprint density at radius 1 is 1.12 bits per heavy atom. The summed E-state index contributed by atoms with van der Waals surface area (Å²) in [7, 11) is 3.50. The number of fused-ring (bicyclic) bond motifs is 1. The van der Waals surface area contributed by atoms with Crippen molar-refractivity contribution in [1.82, 2.24) is 19.0 Å². The molecule has 32 heavy (non-hydrogen) atoms. The summed E-state index contributed by atoms with van der Waals surface area (Å²) < 4.78 is 9.30. The number of ether oxygens (including phenoxy) is 1. The van der Waals surface area contributed by atoms with Crippen molar-refractivity contribution in [2.24, 2.45) is 7.05 Å². The van der Waals surface area contributed by atoms with Crippen molar-refractivity contribution in [1.29, 1.82) is 0 Å². The summed E-state index contributed by atoms with van der Waals surface area (Å²) in [4.78, 5) is 19.6. The van der Waals surface area contributed by atoms with E-state index in [0.29, 0.717) is 36.1 Å². The Hall–Kier alpha value is -3.09. The van der Waals surface area contributed by atoms with Crippen molar-refractivity contribution in [2.45, 2.75) is 20.4 Å². The highest BCUT2D eigenvalue weighted by Gasteiger charge is 2.20. The van der Waals surface area contributed by atoms with Gasteiger partial charge >= 0.3 is 0 Å². The van der Waals surface area contributed by atoms with Crippen LogP contribution in [0.25, 0.3) is 16.7 Å². The second kappa shape index (κ2) is 9.18. The highest BCUT2D eigenvalue weighted by molar-refractivity contribution is 6.29. The van der Waals surface area contributed by atoms with Crippen LogP contribution in [0.15, 0.2) is 54.6 Å². The van der Waals surface area contributed by atoms with E-state index in [0.717, 1.165) is 28.2 Å². The zero-order valence-corrected chi connectivity index (χ0v) is 19.6. The summed E-state index contributed by atoms with van der Waals surface area (Å²) in [5.41, 5.74) is 6.65. The Labute approximate surface area is 193 Å². The minimum absolute atomic E-state index is 0.0600. The molecule has 0 atom stereocenters. The molecule has 0 aliphatic rings. The average molecular weight is 451 g/mol. The lowest BCUT2D eigenvalue weighted by Gasteiger charge is -2.23. The van der Waals surface area contributed by atoms with Gasteiger partial charge < -0.3 is 18.8 Å². The smallest absolute Gasteiger partial charge is 0.254 e. The number of benzene rings is 2. The van der Waals surface area contributed by atoms with Crippen molar-refractivity contribution in [2.75, 3.05) is 20.3 Å². The summed E-state index contributed by atoms with van der Waals surface area (Å²) in [6.45, 7) is 5.63. The third kappa shape index (κ3) is 4.16. The standard InChI is InChI=1S/C25H27ClN4O2/c1-17-14-20(18(2)30(17)21-8-6-5-7-9-21)16-29(12-13-32-4)24(31)19-10-11-23-22(15-19)27-25(26)28(23)3/h5-11,14-15H,12-13,16H2,1-4H3. The van der Waals surface area contributed by atoms with Crippen LogP contribution in [0.1, 0.15) is 27.3 Å². The summed E-state index contributed by atoms with van der Waals surface area (Å²) >= 11 is 6.15. The molecule has 1 amide bonds. The van der Waals surface area contributed by atoms with E-state index in [4.69, 9.17) is 16.3 Å². The molecule has 4 rings (SSSR count). The Kier molecular flexibility index (Phi) is 6.35. The van der Waals surface area contributed by atoms with E-state index in [9.17, 15) is 4.79 Å². The first kappa shape index (κ1) is 22.1. The molecule has 2 aromatic carbocycles. The normalized spacial score (nSPS) is 11.3. The zero-order chi connectivity index (χ0) is 22.8. The van der Waals surface area contributed by atoms with Crippen molar-refractivity contribution in [3.05, 3.63) is 82.4 Å². The molecule has 2 aromatic heterocycles. The number of aromatic nitrogens is 3. The second-order valence-electron chi connectivity index (χ2n) is 7.93. The molecule has 0 aliphatic carbocycles. The molecule has 166 valence electrons. The number of nitrogens with zero attached hydrogens (tertiary/aromatic N) is 4.